The van der Waals surface area contributed by atoms with Gasteiger partial charge in [-0.3, -0.25) is 4.79 Å². The van der Waals surface area contributed by atoms with Gasteiger partial charge in [-0.15, -0.1) is 11.6 Å². The van der Waals surface area contributed by atoms with Crippen molar-refractivity contribution in [1.29, 1.82) is 0 Å². The second kappa shape index (κ2) is 5.89. The Hall–Kier alpha value is -0.800. The summed E-state index contributed by atoms with van der Waals surface area (Å²) < 4.78 is 12.9. The van der Waals surface area contributed by atoms with Crippen molar-refractivity contribution in [3.8, 4) is 0 Å². The molecular weight excluding hydrogens is 276 g/mol. The third kappa shape index (κ3) is 3.15. The lowest BCUT2D eigenvalue weighted by Crippen LogP contribution is -2.35. The van der Waals surface area contributed by atoms with Crippen molar-refractivity contribution in [3.63, 3.8) is 0 Å². The van der Waals surface area contributed by atoms with Crippen LogP contribution >= 0.6 is 23.2 Å². The van der Waals surface area contributed by atoms with Gasteiger partial charge in [0.2, 0.25) is 5.91 Å². The Balaban J connectivity index is 2.05. The molecule has 1 saturated carbocycles. The number of nitrogens with one attached hydrogen (secondary N) is 1. The highest BCUT2D eigenvalue weighted by Crippen LogP contribution is 2.29. The van der Waals surface area contributed by atoms with Crippen LogP contribution < -0.4 is 5.32 Å². The summed E-state index contributed by atoms with van der Waals surface area (Å²) in [6, 6.07) is 4.07. The van der Waals surface area contributed by atoms with Crippen molar-refractivity contribution in [2.45, 2.75) is 37.1 Å². The molecule has 2 rings (SSSR count). The number of hydrogen-bond donors (Lipinski definition) is 1. The van der Waals surface area contributed by atoms with E-state index in [0.717, 1.165) is 31.7 Å². The lowest BCUT2D eigenvalue weighted by molar-refractivity contribution is -0.121. The van der Waals surface area contributed by atoms with E-state index < -0.39 is 11.2 Å². The molecule has 5 heteroatoms. The SMILES string of the molecule is O=C(NC1CCCC1)C(Cl)c1ccc(F)cc1Cl. The maximum atomic E-state index is 12.9. The zero-order valence-electron chi connectivity index (χ0n) is 9.76. The predicted molar refractivity (Wildman–Crippen MR) is 70.4 cm³/mol. The maximum absolute atomic E-state index is 12.9. The van der Waals surface area contributed by atoms with Gasteiger partial charge in [-0.2, -0.15) is 0 Å². The molecule has 1 atom stereocenters. The molecule has 18 heavy (non-hydrogen) atoms. The summed E-state index contributed by atoms with van der Waals surface area (Å²) in [4.78, 5) is 11.9. The number of amides is 1. The van der Waals surface area contributed by atoms with E-state index in [4.69, 9.17) is 23.2 Å². The quantitative estimate of drug-likeness (QED) is 0.842. The molecule has 1 aromatic carbocycles. The first-order valence-corrected chi connectivity index (χ1v) is 6.79. The van der Waals surface area contributed by atoms with Gasteiger partial charge in [0.1, 0.15) is 11.2 Å². The monoisotopic (exact) mass is 289 g/mol. The van der Waals surface area contributed by atoms with Crippen molar-refractivity contribution >= 4 is 29.1 Å². The fourth-order valence-corrected chi connectivity index (χ4v) is 2.78. The Labute approximate surface area is 115 Å². The summed E-state index contributed by atoms with van der Waals surface area (Å²) >= 11 is 12.0. The summed E-state index contributed by atoms with van der Waals surface area (Å²) in [5, 5.41) is 2.20. The molecule has 1 N–H and O–H groups in total. The van der Waals surface area contributed by atoms with Gasteiger partial charge < -0.3 is 5.32 Å². The summed E-state index contributed by atoms with van der Waals surface area (Å²) in [7, 11) is 0. The molecule has 1 aliphatic rings. The van der Waals surface area contributed by atoms with Gasteiger partial charge in [0.05, 0.1) is 0 Å². The molecule has 0 heterocycles. The molecule has 0 radical (unpaired) electrons. The smallest absolute Gasteiger partial charge is 0.242 e. The van der Waals surface area contributed by atoms with Gasteiger partial charge in [-0.1, -0.05) is 30.5 Å². The largest absolute Gasteiger partial charge is 0.352 e. The Kier molecular flexibility index (Phi) is 4.46. The van der Waals surface area contributed by atoms with Crippen LogP contribution in [0, 0.1) is 5.82 Å². The summed E-state index contributed by atoms with van der Waals surface area (Å²) in [6.07, 6.45) is 4.25. The molecule has 0 saturated heterocycles. The zero-order valence-corrected chi connectivity index (χ0v) is 11.3. The molecule has 1 aromatic rings. The van der Waals surface area contributed by atoms with Crippen molar-refractivity contribution in [3.05, 3.63) is 34.6 Å². The van der Waals surface area contributed by atoms with E-state index in [0.29, 0.717) is 5.56 Å². The average Bonchev–Trinajstić information content (AvgIpc) is 2.81. The predicted octanol–water partition coefficient (Wildman–Crippen LogP) is 3.82. The molecule has 1 amide bonds. The highest BCUT2D eigenvalue weighted by Gasteiger charge is 2.24. The van der Waals surface area contributed by atoms with Crippen LogP contribution in [0.1, 0.15) is 36.6 Å². The number of rotatable bonds is 3. The van der Waals surface area contributed by atoms with E-state index in [1.165, 1.54) is 12.1 Å². The van der Waals surface area contributed by atoms with Gasteiger partial charge >= 0.3 is 0 Å². The molecule has 0 aromatic heterocycles. The number of halogens is 3. The first-order chi connectivity index (χ1) is 8.58. The average molecular weight is 290 g/mol. The Morgan fingerprint density at radius 2 is 2.06 bits per heavy atom. The Morgan fingerprint density at radius 1 is 1.39 bits per heavy atom. The van der Waals surface area contributed by atoms with Gasteiger partial charge in [0, 0.05) is 11.1 Å². The second-order valence-corrected chi connectivity index (χ2v) is 5.36. The van der Waals surface area contributed by atoms with E-state index in [9.17, 15) is 9.18 Å². The minimum absolute atomic E-state index is 0.177. The second-order valence-electron chi connectivity index (χ2n) is 4.52. The van der Waals surface area contributed by atoms with E-state index in [1.807, 2.05) is 0 Å². The van der Waals surface area contributed by atoms with Gasteiger partial charge in [-0.25, -0.2) is 4.39 Å². The van der Waals surface area contributed by atoms with Gasteiger partial charge in [-0.05, 0) is 30.5 Å². The standard InChI is InChI=1S/C13H14Cl2FNO/c14-11-7-8(16)5-6-10(11)12(15)13(18)17-9-3-1-2-4-9/h5-7,9,12H,1-4H2,(H,17,18). The van der Waals surface area contributed by atoms with Crippen molar-refractivity contribution in [1.82, 2.24) is 5.32 Å². The van der Waals surface area contributed by atoms with Crippen molar-refractivity contribution in [2.24, 2.45) is 0 Å². The Morgan fingerprint density at radius 3 is 2.67 bits per heavy atom. The third-order valence-electron chi connectivity index (χ3n) is 3.17. The lowest BCUT2D eigenvalue weighted by Gasteiger charge is -2.16. The molecule has 0 aliphatic heterocycles. The van der Waals surface area contributed by atoms with E-state index in [-0.39, 0.29) is 17.0 Å². The first kappa shape index (κ1) is 13.6. The van der Waals surface area contributed by atoms with Crippen molar-refractivity contribution < 1.29 is 9.18 Å². The minimum Gasteiger partial charge on any atom is -0.352 e. The normalized spacial score (nSPS) is 17.7. The molecule has 1 aliphatic carbocycles. The van der Waals surface area contributed by atoms with E-state index in [1.54, 1.807) is 0 Å². The van der Waals surface area contributed by atoms with Crippen LogP contribution in [0.4, 0.5) is 4.39 Å². The number of carbonyl (C=O) groups excluding carboxylic acids is 1. The number of hydrogen-bond acceptors (Lipinski definition) is 1. The molecule has 2 nitrogen and oxygen atoms in total. The van der Waals surface area contributed by atoms with Crippen molar-refractivity contribution in [2.75, 3.05) is 0 Å². The van der Waals surface area contributed by atoms with Gasteiger partial charge in [0.25, 0.3) is 0 Å². The molecule has 1 unspecified atom stereocenters. The molecule has 1 fully saturated rings. The maximum Gasteiger partial charge on any atom is 0.242 e. The number of alkyl halides is 1. The topological polar surface area (TPSA) is 29.1 Å². The summed E-state index contributed by atoms with van der Waals surface area (Å²) in [5.74, 6) is -0.708. The molecular formula is C13H14Cl2FNO. The van der Waals surface area contributed by atoms with Crippen LogP contribution in [0.3, 0.4) is 0 Å². The van der Waals surface area contributed by atoms with Crippen LogP contribution in [0.15, 0.2) is 18.2 Å². The molecule has 0 spiro atoms. The zero-order chi connectivity index (χ0) is 13.1. The Bertz CT molecular complexity index is 447. The van der Waals surface area contributed by atoms with Crippen LogP contribution in [-0.2, 0) is 4.79 Å². The van der Waals surface area contributed by atoms with E-state index in [2.05, 4.69) is 5.32 Å². The fraction of sp³-hybridized carbons (Fsp3) is 0.462. The summed E-state index contributed by atoms with van der Waals surface area (Å²) in [5.41, 5.74) is 0.440. The third-order valence-corrected chi connectivity index (χ3v) is 3.93. The highest BCUT2D eigenvalue weighted by molar-refractivity contribution is 6.35. The number of benzene rings is 1. The van der Waals surface area contributed by atoms with Crippen LogP contribution in [0.2, 0.25) is 5.02 Å². The lowest BCUT2D eigenvalue weighted by atomic mass is 10.1. The first-order valence-electron chi connectivity index (χ1n) is 5.97. The summed E-state index contributed by atoms with van der Waals surface area (Å²) in [6.45, 7) is 0. The van der Waals surface area contributed by atoms with Gasteiger partial charge in [0.15, 0.2) is 0 Å². The van der Waals surface area contributed by atoms with E-state index >= 15 is 0 Å². The molecule has 98 valence electrons. The number of carbonyl (C=O) groups is 1. The highest BCUT2D eigenvalue weighted by atomic mass is 35.5. The minimum atomic E-state index is -0.876. The molecule has 0 bridgehead atoms. The van der Waals surface area contributed by atoms with Crippen LogP contribution in [0.25, 0.3) is 0 Å². The van der Waals surface area contributed by atoms with Crippen LogP contribution in [0.5, 0.6) is 0 Å². The fourth-order valence-electron chi connectivity index (χ4n) is 2.19. The van der Waals surface area contributed by atoms with Crippen LogP contribution in [-0.4, -0.2) is 11.9 Å².